The van der Waals surface area contributed by atoms with Crippen molar-refractivity contribution < 1.29 is 28.6 Å². The topological polar surface area (TPSA) is 54.4 Å². The molecule has 0 aromatic rings. The zero-order valence-corrected chi connectivity index (χ0v) is 29.4. The van der Waals surface area contributed by atoms with Crippen LogP contribution in [0.1, 0.15) is 213 Å². The Kier molecular flexibility index (Phi) is 64.9. The summed E-state index contributed by atoms with van der Waals surface area (Å²) in [5, 5.41) is 8.57. The van der Waals surface area contributed by atoms with Gasteiger partial charge in [-0.15, -0.1) is 0 Å². The Hall–Kier alpha value is 0.144. The molecule has 0 spiro atoms. The average Bonchev–Trinajstić information content (AvgIpc) is 2.96. The molecule has 1 N–H and O–H groups in total. The van der Waals surface area contributed by atoms with E-state index < -0.39 is 16.2 Å². The first-order valence-corrected chi connectivity index (χ1v) is 18.9. The van der Waals surface area contributed by atoms with Gasteiger partial charge < -0.3 is 19.0 Å². The SMILES string of the molecule is CCCCCCCCCCCCO.[CH2-]CCCCCCCCCCC.[CH2-]CCCCCCCCCCC.[O]=[V]=[O]. The Labute approximate surface area is 261 Å². The molecule has 40 heavy (non-hydrogen) atoms. The molecular weight excluding hydrogens is 531 g/mol. The molecule has 0 saturated heterocycles. The Balaban J connectivity index is -0.000000231. The predicted molar refractivity (Wildman–Crippen MR) is 175 cm³/mol. The number of aliphatic hydroxyl groups excluding tert-OH is 1. The Morgan fingerprint density at radius 2 is 0.550 bits per heavy atom. The number of hydrogen-bond donors (Lipinski definition) is 1. The maximum absolute atomic E-state index is 8.57. The van der Waals surface area contributed by atoms with Gasteiger partial charge in [-0.2, -0.15) is 12.8 Å². The normalized spacial score (nSPS) is 9.95. The van der Waals surface area contributed by atoms with Gasteiger partial charge in [0.2, 0.25) is 0 Å². The van der Waals surface area contributed by atoms with Crippen LogP contribution in [0.2, 0.25) is 0 Å². The molecule has 0 rings (SSSR count). The summed E-state index contributed by atoms with van der Waals surface area (Å²) >= 11 is -1.81. The molecule has 0 aliphatic rings. The molecule has 245 valence electrons. The summed E-state index contributed by atoms with van der Waals surface area (Å²) in [5.74, 6) is 0. The molecule has 0 atom stereocenters. The maximum atomic E-state index is 8.57. The number of unbranched alkanes of at least 4 members (excludes halogenated alkanes) is 27. The van der Waals surface area contributed by atoms with Crippen molar-refractivity contribution in [3.63, 3.8) is 0 Å². The van der Waals surface area contributed by atoms with Gasteiger partial charge in [-0.3, -0.25) is 0 Å². The van der Waals surface area contributed by atoms with Gasteiger partial charge in [0.05, 0.1) is 0 Å². The second-order valence-electron chi connectivity index (χ2n) is 11.3. The zero-order chi connectivity index (χ0) is 30.6. The molecule has 0 unspecified atom stereocenters. The van der Waals surface area contributed by atoms with Gasteiger partial charge in [0.1, 0.15) is 0 Å². The van der Waals surface area contributed by atoms with Crippen LogP contribution in [-0.4, -0.2) is 11.7 Å². The van der Waals surface area contributed by atoms with Crippen LogP contribution >= 0.6 is 0 Å². The number of hydrogen-bond acceptors (Lipinski definition) is 3. The van der Waals surface area contributed by atoms with Crippen LogP contribution in [-0.2, 0) is 23.5 Å². The Bertz CT molecular complexity index is 348. The van der Waals surface area contributed by atoms with Crippen molar-refractivity contribution in [1.29, 1.82) is 0 Å². The van der Waals surface area contributed by atoms with E-state index in [9.17, 15) is 0 Å². The molecule has 0 saturated carbocycles. The van der Waals surface area contributed by atoms with Crippen LogP contribution in [0.3, 0.4) is 0 Å². The van der Waals surface area contributed by atoms with Crippen molar-refractivity contribution in [3.8, 4) is 0 Å². The average molecular weight is 608 g/mol. The molecule has 0 aliphatic heterocycles. The fraction of sp³-hybridized carbons (Fsp3) is 0.944. The molecule has 0 aromatic carbocycles. The summed E-state index contributed by atoms with van der Waals surface area (Å²) in [6.45, 7) is 14.9. The van der Waals surface area contributed by atoms with E-state index in [4.69, 9.17) is 12.5 Å². The van der Waals surface area contributed by atoms with E-state index in [1.54, 1.807) is 0 Å². The fourth-order valence-electron chi connectivity index (χ4n) is 4.57. The second kappa shape index (κ2) is 55.1. The molecule has 0 aromatic heterocycles. The van der Waals surface area contributed by atoms with E-state index in [1.807, 2.05) is 0 Å². The van der Waals surface area contributed by atoms with Crippen molar-refractivity contribution in [2.24, 2.45) is 0 Å². The van der Waals surface area contributed by atoms with Crippen LogP contribution in [0.5, 0.6) is 0 Å². The van der Waals surface area contributed by atoms with Gasteiger partial charge in [-0.05, 0) is 6.42 Å². The predicted octanol–water partition coefficient (Wildman–Crippen LogP) is 13.1. The summed E-state index contributed by atoms with van der Waals surface area (Å²) in [6.07, 6.45) is 41.1. The van der Waals surface area contributed by atoms with Crippen LogP contribution < -0.4 is 0 Å². The molecule has 3 nitrogen and oxygen atoms in total. The fourth-order valence-corrected chi connectivity index (χ4v) is 4.57. The summed E-state index contributed by atoms with van der Waals surface area (Å²) in [4.78, 5) is 0. The van der Waals surface area contributed by atoms with Crippen LogP contribution in [0, 0.1) is 13.8 Å². The third kappa shape index (κ3) is 66.4. The minimum absolute atomic E-state index is 0.372. The summed E-state index contributed by atoms with van der Waals surface area (Å²) in [7, 11) is 0. The summed E-state index contributed by atoms with van der Waals surface area (Å²) in [5.41, 5.74) is 0. The van der Waals surface area contributed by atoms with Gasteiger partial charge in [-0.1, -0.05) is 194 Å². The van der Waals surface area contributed by atoms with Crippen molar-refractivity contribution in [2.45, 2.75) is 213 Å². The third-order valence-electron chi connectivity index (χ3n) is 7.22. The van der Waals surface area contributed by atoms with E-state index in [1.165, 1.54) is 173 Å². The minimum atomic E-state index is -1.81. The third-order valence-corrected chi connectivity index (χ3v) is 7.22. The number of aliphatic hydroxyl groups is 1. The van der Waals surface area contributed by atoms with Crippen molar-refractivity contribution in [3.05, 3.63) is 13.8 Å². The molecule has 0 bridgehead atoms. The van der Waals surface area contributed by atoms with Gasteiger partial charge in [0, 0.05) is 6.61 Å². The first-order valence-electron chi connectivity index (χ1n) is 17.8. The molecule has 0 amide bonds. The van der Waals surface area contributed by atoms with E-state index >= 15 is 0 Å². The monoisotopic (exact) mass is 608 g/mol. The van der Waals surface area contributed by atoms with Crippen molar-refractivity contribution in [2.75, 3.05) is 6.61 Å². The first kappa shape index (κ1) is 47.1. The molecule has 0 fully saturated rings. The van der Waals surface area contributed by atoms with Crippen LogP contribution in [0.15, 0.2) is 0 Å². The summed E-state index contributed by atoms with van der Waals surface area (Å²) in [6, 6.07) is 0. The Morgan fingerprint density at radius 1 is 0.375 bits per heavy atom. The molecule has 0 aliphatic carbocycles. The molecule has 0 heterocycles. The standard InChI is InChI=1S/C12H26O.2C12H25.2O.V/c1-2-3-4-5-6-7-8-9-10-11-12-13;2*1-3-5-7-9-11-12-10-8-6-4-2;;;/h13H,2-12H2,1H3;2*1,3-12H2,2H3;;;/q;2*-1;;;. The van der Waals surface area contributed by atoms with Gasteiger partial charge in [-0.25, -0.2) is 0 Å². The van der Waals surface area contributed by atoms with E-state index in [2.05, 4.69) is 34.6 Å². The zero-order valence-electron chi connectivity index (χ0n) is 28.0. The first-order chi connectivity index (χ1) is 19.7. The molecule has 0 radical (unpaired) electrons. The summed E-state index contributed by atoms with van der Waals surface area (Å²) < 4.78 is 16.9. The van der Waals surface area contributed by atoms with Gasteiger partial charge in [0.15, 0.2) is 0 Å². The van der Waals surface area contributed by atoms with Gasteiger partial charge in [0.25, 0.3) is 0 Å². The van der Waals surface area contributed by atoms with Crippen molar-refractivity contribution in [1.82, 2.24) is 0 Å². The Morgan fingerprint density at radius 3 is 0.725 bits per heavy atom. The second-order valence-corrected chi connectivity index (χ2v) is 11.6. The quantitative estimate of drug-likeness (QED) is 0.0711. The van der Waals surface area contributed by atoms with E-state index in [0.717, 1.165) is 19.3 Å². The molecule has 4 heteroatoms. The van der Waals surface area contributed by atoms with E-state index in [-0.39, 0.29) is 0 Å². The number of rotatable bonds is 28. The van der Waals surface area contributed by atoms with E-state index in [0.29, 0.717) is 6.61 Å². The van der Waals surface area contributed by atoms with Crippen LogP contribution in [0.25, 0.3) is 0 Å². The van der Waals surface area contributed by atoms with Gasteiger partial charge >= 0.3 is 23.5 Å². The molecular formula is C36H76O3V-2. The van der Waals surface area contributed by atoms with Crippen LogP contribution in [0.4, 0.5) is 0 Å². The van der Waals surface area contributed by atoms with Crippen molar-refractivity contribution >= 4 is 0 Å².